The molecule has 4 N–H and O–H groups in total. The molecule has 9 heteroatoms. The second-order valence-electron chi connectivity index (χ2n) is 13.8. The Kier molecular flexibility index (Phi) is 13.9. The minimum Gasteiger partial charge on any atom is -0.493 e. The van der Waals surface area contributed by atoms with Gasteiger partial charge in [-0.25, -0.2) is 0 Å². The lowest BCUT2D eigenvalue weighted by Gasteiger charge is -2.45. The van der Waals surface area contributed by atoms with Crippen LogP contribution in [0.25, 0.3) is 0 Å². The van der Waals surface area contributed by atoms with E-state index >= 15 is 4.79 Å². The highest BCUT2D eigenvalue weighted by Crippen LogP contribution is 2.30. The molecule has 0 aliphatic carbocycles. The van der Waals surface area contributed by atoms with Crippen LogP contribution in [-0.4, -0.2) is 117 Å². The topological polar surface area (TPSA) is 101 Å². The molecule has 9 nitrogen and oxygen atoms in total. The second kappa shape index (κ2) is 17.6. The number of rotatable bonds is 16. The van der Waals surface area contributed by atoms with Crippen molar-refractivity contribution in [3.63, 3.8) is 0 Å². The fourth-order valence-electron chi connectivity index (χ4n) is 6.19. The van der Waals surface area contributed by atoms with Gasteiger partial charge in [0.25, 0.3) is 0 Å². The summed E-state index contributed by atoms with van der Waals surface area (Å²) in [4.78, 5) is 24.3. The minimum atomic E-state index is -0.505. The number of ether oxygens (including phenoxy) is 2. The van der Waals surface area contributed by atoms with Crippen LogP contribution in [0.15, 0.2) is 48.5 Å². The number of ketones is 1. The van der Waals surface area contributed by atoms with Crippen LogP contribution in [0, 0.1) is 11.8 Å². The molecule has 2 aromatic carbocycles. The number of nitrogens with two attached hydrogens (primary N) is 2. The lowest BCUT2D eigenvalue weighted by molar-refractivity contribution is -0.133. The molecule has 2 heterocycles. The van der Waals surface area contributed by atoms with Crippen molar-refractivity contribution in [2.75, 3.05) is 79.7 Å². The first kappa shape index (κ1) is 36.3. The van der Waals surface area contributed by atoms with Crippen molar-refractivity contribution in [3.8, 4) is 11.5 Å². The Morgan fingerprint density at radius 2 is 0.957 bits per heavy atom. The van der Waals surface area contributed by atoms with Gasteiger partial charge in [0.15, 0.2) is 5.78 Å². The molecule has 4 rings (SSSR count). The number of benzene rings is 2. The molecule has 2 aromatic rings. The molecule has 0 bridgehead atoms. The van der Waals surface area contributed by atoms with Gasteiger partial charge in [0.1, 0.15) is 11.5 Å². The van der Waals surface area contributed by atoms with Crippen molar-refractivity contribution < 1.29 is 14.3 Å². The predicted octanol–water partition coefficient (Wildman–Crippen LogP) is 4.04. The number of carbonyl (C=O) groups is 1. The number of piperazine rings is 2. The highest BCUT2D eigenvalue weighted by Gasteiger charge is 2.43. The van der Waals surface area contributed by atoms with Crippen LogP contribution in [0.4, 0.5) is 0 Å². The molecule has 6 atom stereocenters. The molecule has 2 aliphatic rings. The number of hydrogen-bond acceptors (Lipinski definition) is 9. The van der Waals surface area contributed by atoms with E-state index < -0.39 is 24.2 Å². The SMILES string of the molecule is CC[C@H](C)COc1ccc([C@@H](N)C(C(=O)C([C@H](N)c2ccc(OC[C@@H](C)CC)cc2)N2CCN(C)CC2)N2CCN(C)CC2)cc1. The van der Waals surface area contributed by atoms with Gasteiger partial charge < -0.3 is 30.7 Å². The normalized spacial score (nSPS) is 21.2. The first-order valence-electron chi connectivity index (χ1n) is 17.5. The largest absolute Gasteiger partial charge is 0.493 e. The number of hydrogen-bond donors (Lipinski definition) is 2. The molecule has 2 unspecified atom stereocenters. The van der Waals surface area contributed by atoms with Gasteiger partial charge >= 0.3 is 0 Å². The zero-order valence-corrected chi connectivity index (χ0v) is 29.2. The van der Waals surface area contributed by atoms with E-state index in [0.717, 1.165) is 87.8 Å². The van der Waals surface area contributed by atoms with Crippen LogP contribution >= 0.6 is 0 Å². The third-order valence-electron chi connectivity index (χ3n) is 10.1. The van der Waals surface area contributed by atoms with E-state index in [-0.39, 0.29) is 5.78 Å². The third kappa shape index (κ3) is 9.75. The maximum atomic E-state index is 15.1. The highest BCUT2D eigenvalue weighted by atomic mass is 16.5. The molecule has 2 aliphatic heterocycles. The lowest BCUT2D eigenvalue weighted by Crippen LogP contribution is -2.62. The van der Waals surface area contributed by atoms with Gasteiger partial charge in [0, 0.05) is 52.4 Å². The molecule has 0 spiro atoms. The van der Waals surface area contributed by atoms with Gasteiger partial charge in [0.05, 0.1) is 37.4 Å². The van der Waals surface area contributed by atoms with Crippen molar-refractivity contribution in [1.82, 2.24) is 19.6 Å². The van der Waals surface area contributed by atoms with E-state index in [9.17, 15) is 0 Å². The summed E-state index contributed by atoms with van der Waals surface area (Å²) < 4.78 is 12.0. The smallest absolute Gasteiger partial charge is 0.170 e. The maximum absolute atomic E-state index is 15.1. The number of nitrogens with zero attached hydrogens (tertiary/aromatic N) is 4. The Labute approximate surface area is 278 Å². The summed E-state index contributed by atoms with van der Waals surface area (Å²) in [6, 6.07) is 14.0. The van der Waals surface area contributed by atoms with Crippen LogP contribution in [-0.2, 0) is 4.79 Å². The summed E-state index contributed by atoms with van der Waals surface area (Å²) in [6.45, 7) is 16.8. The molecular weight excluding hydrogens is 576 g/mol. The van der Waals surface area contributed by atoms with Crippen molar-refractivity contribution >= 4 is 5.78 Å². The monoisotopic (exact) mass is 636 g/mol. The van der Waals surface area contributed by atoms with Crippen LogP contribution in [0.3, 0.4) is 0 Å². The third-order valence-corrected chi connectivity index (χ3v) is 10.1. The van der Waals surface area contributed by atoms with E-state index in [2.05, 4.69) is 61.4 Å². The molecule has 46 heavy (non-hydrogen) atoms. The molecule has 2 fully saturated rings. The molecule has 0 saturated carbocycles. The zero-order chi connectivity index (χ0) is 33.2. The Morgan fingerprint density at radius 3 is 1.26 bits per heavy atom. The van der Waals surface area contributed by atoms with Gasteiger partial charge in [-0.15, -0.1) is 0 Å². The quantitative estimate of drug-likeness (QED) is 0.283. The molecule has 256 valence electrons. The van der Waals surface area contributed by atoms with Crippen LogP contribution in [0.2, 0.25) is 0 Å². The first-order valence-corrected chi connectivity index (χ1v) is 17.5. The van der Waals surface area contributed by atoms with Crippen molar-refractivity contribution in [1.29, 1.82) is 0 Å². The fourth-order valence-corrected chi connectivity index (χ4v) is 6.19. The summed E-state index contributed by atoms with van der Waals surface area (Å²) in [6.07, 6.45) is 2.15. The molecule has 0 amide bonds. The Hall–Kier alpha value is -2.53. The van der Waals surface area contributed by atoms with Crippen LogP contribution < -0.4 is 20.9 Å². The summed E-state index contributed by atoms with van der Waals surface area (Å²) in [5.74, 6) is 2.74. The molecule has 0 aromatic heterocycles. The molecule has 2 saturated heterocycles. The highest BCUT2D eigenvalue weighted by molar-refractivity contribution is 5.91. The van der Waals surface area contributed by atoms with E-state index in [1.165, 1.54) is 0 Å². The minimum absolute atomic E-state index is 0.100. The van der Waals surface area contributed by atoms with Crippen molar-refractivity contribution in [3.05, 3.63) is 59.7 Å². The van der Waals surface area contributed by atoms with Gasteiger partial charge in [-0.1, -0.05) is 64.8 Å². The van der Waals surface area contributed by atoms with Crippen LogP contribution in [0.5, 0.6) is 11.5 Å². The predicted molar refractivity (Wildman–Crippen MR) is 187 cm³/mol. The second-order valence-corrected chi connectivity index (χ2v) is 13.8. The standard InChI is InChI=1S/C37H60N6O3/c1-7-27(3)25-45-31-13-9-29(10-14-31)33(38)35(42-21-17-40(5)18-22-42)37(44)36(43-23-19-41(6)20-24-43)34(39)30-11-15-32(16-12-30)46-26-28(4)8-2/h9-16,27-28,33-36H,7-8,17-26,38-39H2,1-6H3/t27-,28-,33+,34+,35?,36?/m0/s1. The van der Waals surface area contributed by atoms with Crippen molar-refractivity contribution in [2.24, 2.45) is 23.3 Å². The molecule has 0 radical (unpaired) electrons. The first-order chi connectivity index (χ1) is 22.1. The average molecular weight is 637 g/mol. The van der Waals surface area contributed by atoms with Gasteiger partial charge in [-0.05, 0) is 61.3 Å². The number of carbonyl (C=O) groups excluding carboxylic acids is 1. The molecular formula is C37H60N6O3. The average Bonchev–Trinajstić information content (AvgIpc) is 3.08. The Bertz CT molecular complexity index is 1090. The summed E-state index contributed by atoms with van der Waals surface area (Å²) in [5, 5.41) is 0. The van der Waals surface area contributed by atoms with E-state index in [1.54, 1.807) is 0 Å². The maximum Gasteiger partial charge on any atom is 0.170 e. The van der Waals surface area contributed by atoms with E-state index in [0.29, 0.717) is 25.0 Å². The summed E-state index contributed by atoms with van der Waals surface area (Å²) in [7, 11) is 4.26. The summed E-state index contributed by atoms with van der Waals surface area (Å²) in [5.41, 5.74) is 16.1. The van der Waals surface area contributed by atoms with E-state index in [1.807, 2.05) is 48.5 Å². The van der Waals surface area contributed by atoms with Crippen LogP contribution in [0.1, 0.15) is 63.7 Å². The zero-order valence-electron chi connectivity index (χ0n) is 29.2. The van der Waals surface area contributed by atoms with Gasteiger partial charge in [-0.3, -0.25) is 14.6 Å². The van der Waals surface area contributed by atoms with E-state index in [4.69, 9.17) is 20.9 Å². The van der Waals surface area contributed by atoms with Crippen molar-refractivity contribution in [2.45, 2.75) is 64.7 Å². The Morgan fingerprint density at radius 1 is 0.630 bits per heavy atom. The summed E-state index contributed by atoms with van der Waals surface area (Å²) >= 11 is 0. The van der Waals surface area contributed by atoms with Gasteiger partial charge in [-0.2, -0.15) is 0 Å². The Balaban J connectivity index is 1.62. The number of Topliss-reactive ketones (excluding diaryl/α,β-unsaturated/α-hetero) is 1. The number of likely N-dealkylation sites (N-methyl/N-ethyl adjacent to an activating group) is 2. The lowest BCUT2D eigenvalue weighted by atomic mass is 9.86. The fraction of sp³-hybridized carbons (Fsp3) is 0.649. The van der Waals surface area contributed by atoms with Gasteiger partial charge in [0.2, 0.25) is 0 Å².